The molecule has 0 aromatic carbocycles. The quantitative estimate of drug-likeness (QED) is 0.815. The first-order valence-electron chi connectivity index (χ1n) is 5.80. The number of carbonyl (C=O) groups is 1. The maximum atomic E-state index is 11.3. The molecule has 2 heterocycles. The molecule has 0 aliphatic carbocycles. The van der Waals surface area contributed by atoms with Crippen molar-refractivity contribution >= 4 is 11.8 Å². The van der Waals surface area contributed by atoms with Crippen LogP contribution in [0.3, 0.4) is 0 Å². The van der Waals surface area contributed by atoms with Crippen LogP contribution in [0.15, 0.2) is 23.0 Å². The summed E-state index contributed by atoms with van der Waals surface area (Å²) in [7, 11) is 1.29. The lowest BCUT2D eigenvalue weighted by Crippen LogP contribution is -2.08. The Bertz CT molecular complexity index is 568. The highest BCUT2D eigenvalue weighted by Crippen LogP contribution is 2.08. The molecule has 1 N–H and O–H groups in total. The molecule has 19 heavy (non-hydrogen) atoms. The Labute approximate surface area is 110 Å². The molecule has 0 unspecified atom stereocenters. The summed E-state index contributed by atoms with van der Waals surface area (Å²) in [6.07, 6.45) is 5.34. The van der Waals surface area contributed by atoms with E-state index in [-0.39, 0.29) is 5.69 Å². The molecule has 100 valence electrons. The van der Waals surface area contributed by atoms with Gasteiger partial charge in [0.1, 0.15) is 11.6 Å². The van der Waals surface area contributed by atoms with Gasteiger partial charge in [-0.2, -0.15) is 0 Å². The molecule has 0 atom stereocenters. The van der Waals surface area contributed by atoms with E-state index in [0.717, 1.165) is 12.2 Å². The van der Waals surface area contributed by atoms with Crippen LogP contribution < -0.4 is 5.32 Å². The number of carbonyl (C=O) groups excluding carboxylic acids is 1. The van der Waals surface area contributed by atoms with Crippen LogP contribution in [-0.2, 0) is 17.7 Å². The fourth-order valence-electron chi connectivity index (χ4n) is 1.41. The van der Waals surface area contributed by atoms with Crippen LogP contribution in [0.1, 0.15) is 29.1 Å². The third kappa shape index (κ3) is 3.27. The first-order valence-corrected chi connectivity index (χ1v) is 5.80. The second kappa shape index (κ2) is 5.94. The average Bonchev–Trinajstić information content (AvgIpc) is 2.92. The molecule has 0 bridgehead atoms. The number of hydrogen-bond donors (Lipinski definition) is 1. The van der Waals surface area contributed by atoms with Gasteiger partial charge in [0.25, 0.3) is 0 Å². The molecule has 0 aliphatic rings. The van der Waals surface area contributed by atoms with Crippen molar-refractivity contribution in [1.29, 1.82) is 0 Å². The van der Waals surface area contributed by atoms with Gasteiger partial charge >= 0.3 is 5.97 Å². The summed E-state index contributed by atoms with van der Waals surface area (Å²) in [5.41, 5.74) is 0.147. The monoisotopic (exact) mass is 262 g/mol. The van der Waals surface area contributed by atoms with Gasteiger partial charge in [-0.3, -0.25) is 4.98 Å². The van der Waals surface area contributed by atoms with Crippen molar-refractivity contribution in [2.24, 2.45) is 0 Å². The van der Waals surface area contributed by atoms with Crippen molar-refractivity contribution in [2.45, 2.75) is 19.9 Å². The normalized spacial score (nSPS) is 10.2. The number of anilines is 1. The maximum absolute atomic E-state index is 11.3. The molecular weight excluding hydrogens is 248 g/mol. The van der Waals surface area contributed by atoms with E-state index in [0.29, 0.717) is 18.3 Å². The SMILES string of the molecule is CCc1cnc(CNc2cncc(C(=O)OC)n2)o1. The van der Waals surface area contributed by atoms with Crippen LogP contribution in [0.2, 0.25) is 0 Å². The van der Waals surface area contributed by atoms with Crippen molar-refractivity contribution < 1.29 is 13.9 Å². The Balaban J connectivity index is 2.01. The number of aryl methyl sites for hydroxylation is 1. The van der Waals surface area contributed by atoms with Crippen molar-refractivity contribution in [3.63, 3.8) is 0 Å². The fraction of sp³-hybridized carbons (Fsp3) is 0.333. The number of ether oxygens (including phenoxy) is 1. The molecule has 0 saturated heterocycles. The summed E-state index contributed by atoms with van der Waals surface area (Å²) in [4.78, 5) is 23.4. The molecule has 0 amide bonds. The minimum Gasteiger partial charge on any atom is -0.464 e. The third-order valence-electron chi connectivity index (χ3n) is 2.40. The topological polar surface area (TPSA) is 90.1 Å². The predicted molar refractivity (Wildman–Crippen MR) is 66.6 cm³/mol. The van der Waals surface area contributed by atoms with Crippen LogP contribution in [0.5, 0.6) is 0 Å². The summed E-state index contributed by atoms with van der Waals surface area (Å²) in [6.45, 7) is 2.36. The minimum atomic E-state index is -0.527. The van der Waals surface area contributed by atoms with Crippen LogP contribution in [0.4, 0.5) is 5.82 Å². The molecule has 0 aliphatic heterocycles. The zero-order valence-electron chi connectivity index (χ0n) is 10.7. The molecule has 0 radical (unpaired) electrons. The highest BCUT2D eigenvalue weighted by Gasteiger charge is 2.09. The van der Waals surface area contributed by atoms with Crippen molar-refractivity contribution in [1.82, 2.24) is 15.0 Å². The molecule has 0 saturated carbocycles. The summed E-state index contributed by atoms with van der Waals surface area (Å²) in [5, 5.41) is 2.98. The lowest BCUT2D eigenvalue weighted by molar-refractivity contribution is 0.0593. The van der Waals surface area contributed by atoms with Gasteiger partial charge in [0.2, 0.25) is 5.89 Å². The smallest absolute Gasteiger partial charge is 0.358 e. The van der Waals surface area contributed by atoms with E-state index < -0.39 is 5.97 Å². The Hall–Kier alpha value is -2.44. The molecule has 2 aromatic heterocycles. The number of aromatic nitrogens is 3. The van der Waals surface area contributed by atoms with Crippen molar-refractivity contribution in [3.05, 3.63) is 35.9 Å². The van der Waals surface area contributed by atoms with Gasteiger partial charge in [-0.1, -0.05) is 6.92 Å². The van der Waals surface area contributed by atoms with Gasteiger partial charge in [0, 0.05) is 6.42 Å². The van der Waals surface area contributed by atoms with E-state index >= 15 is 0 Å². The number of rotatable bonds is 5. The van der Waals surface area contributed by atoms with E-state index in [9.17, 15) is 4.79 Å². The van der Waals surface area contributed by atoms with E-state index in [4.69, 9.17) is 4.42 Å². The number of nitrogens with zero attached hydrogens (tertiary/aromatic N) is 3. The summed E-state index contributed by atoms with van der Waals surface area (Å²) in [6, 6.07) is 0. The van der Waals surface area contributed by atoms with E-state index in [1.54, 1.807) is 6.20 Å². The summed E-state index contributed by atoms with van der Waals surface area (Å²) < 4.78 is 10.0. The predicted octanol–water partition coefficient (Wildman–Crippen LogP) is 1.43. The number of methoxy groups -OCH3 is 1. The van der Waals surface area contributed by atoms with Crippen LogP contribution in [0, 0.1) is 0 Å². The average molecular weight is 262 g/mol. The molecule has 0 fully saturated rings. The van der Waals surface area contributed by atoms with Crippen molar-refractivity contribution in [2.75, 3.05) is 12.4 Å². The van der Waals surface area contributed by atoms with Crippen LogP contribution >= 0.6 is 0 Å². The molecule has 7 nitrogen and oxygen atoms in total. The second-order valence-electron chi connectivity index (χ2n) is 3.71. The molecule has 2 aromatic rings. The fourth-order valence-corrected chi connectivity index (χ4v) is 1.41. The van der Waals surface area contributed by atoms with E-state index in [1.807, 2.05) is 6.92 Å². The van der Waals surface area contributed by atoms with Crippen LogP contribution in [-0.4, -0.2) is 28.0 Å². The van der Waals surface area contributed by atoms with Gasteiger partial charge in [0.15, 0.2) is 5.69 Å². The zero-order chi connectivity index (χ0) is 13.7. The molecule has 0 spiro atoms. The minimum absolute atomic E-state index is 0.147. The van der Waals surface area contributed by atoms with Gasteiger partial charge < -0.3 is 14.5 Å². The zero-order valence-corrected chi connectivity index (χ0v) is 10.7. The largest absolute Gasteiger partial charge is 0.464 e. The first-order chi connectivity index (χ1) is 9.22. The Morgan fingerprint density at radius 3 is 2.95 bits per heavy atom. The summed E-state index contributed by atoms with van der Waals surface area (Å²) in [5.74, 6) is 1.31. The molecule has 7 heteroatoms. The Morgan fingerprint density at radius 2 is 2.26 bits per heavy atom. The van der Waals surface area contributed by atoms with Gasteiger partial charge in [-0.15, -0.1) is 0 Å². The first kappa shape index (κ1) is 13.0. The number of esters is 1. The molecular formula is C12H14N4O3. The van der Waals surface area contributed by atoms with Gasteiger partial charge in [0.05, 0.1) is 32.2 Å². The Morgan fingerprint density at radius 1 is 1.42 bits per heavy atom. The standard InChI is InChI=1S/C12H14N4O3/c1-3-8-4-15-11(19-8)7-14-10-6-13-5-9(16-10)12(17)18-2/h4-6H,3,7H2,1-2H3,(H,14,16). The van der Waals surface area contributed by atoms with E-state index in [1.165, 1.54) is 19.5 Å². The lowest BCUT2D eigenvalue weighted by Gasteiger charge is -2.03. The number of oxazole rings is 1. The third-order valence-corrected chi connectivity index (χ3v) is 2.40. The number of nitrogens with one attached hydrogen (secondary N) is 1. The van der Waals surface area contributed by atoms with Crippen LogP contribution in [0.25, 0.3) is 0 Å². The second-order valence-corrected chi connectivity index (χ2v) is 3.71. The van der Waals surface area contributed by atoms with E-state index in [2.05, 4.69) is 25.0 Å². The Kier molecular flexibility index (Phi) is 4.07. The van der Waals surface area contributed by atoms with Gasteiger partial charge in [-0.25, -0.2) is 14.8 Å². The lowest BCUT2D eigenvalue weighted by atomic mass is 10.4. The number of hydrogen-bond acceptors (Lipinski definition) is 7. The van der Waals surface area contributed by atoms with Crippen molar-refractivity contribution in [3.8, 4) is 0 Å². The maximum Gasteiger partial charge on any atom is 0.358 e. The van der Waals surface area contributed by atoms with Gasteiger partial charge in [-0.05, 0) is 0 Å². The molecule has 2 rings (SSSR count). The summed E-state index contributed by atoms with van der Waals surface area (Å²) >= 11 is 0. The highest BCUT2D eigenvalue weighted by molar-refractivity contribution is 5.87. The highest BCUT2D eigenvalue weighted by atomic mass is 16.5.